The molecule has 0 saturated carbocycles. The molecule has 2 aromatic carbocycles. The molecule has 2 aromatic rings. The van der Waals surface area contributed by atoms with Gasteiger partial charge in [-0.1, -0.05) is 44.4 Å². The van der Waals surface area contributed by atoms with Crippen molar-refractivity contribution in [3.05, 3.63) is 54.1 Å². The Morgan fingerprint density at radius 3 is 2.52 bits per heavy atom. The van der Waals surface area contributed by atoms with Crippen molar-refractivity contribution < 1.29 is 14.3 Å². The van der Waals surface area contributed by atoms with Gasteiger partial charge in [0.05, 0.1) is 20.1 Å². The maximum absolute atomic E-state index is 12.2. The van der Waals surface area contributed by atoms with Crippen LogP contribution in [-0.4, -0.2) is 19.6 Å². The summed E-state index contributed by atoms with van der Waals surface area (Å²) in [4.78, 5) is 12.2. The van der Waals surface area contributed by atoms with Crippen LogP contribution in [0.4, 0.5) is 5.69 Å². The van der Waals surface area contributed by atoms with Crippen LogP contribution in [0, 0.1) is 0 Å². The van der Waals surface area contributed by atoms with Crippen molar-refractivity contribution in [2.24, 2.45) is 0 Å². The topological polar surface area (TPSA) is 47.6 Å². The summed E-state index contributed by atoms with van der Waals surface area (Å²) in [5.74, 6) is 1.52. The first-order valence-electron chi connectivity index (χ1n) is 8.87. The lowest BCUT2D eigenvalue weighted by Crippen LogP contribution is -2.14. The quantitative estimate of drug-likeness (QED) is 0.629. The van der Waals surface area contributed by atoms with Crippen LogP contribution in [0.15, 0.2) is 48.5 Å². The second-order valence-electron chi connectivity index (χ2n) is 6.01. The first kappa shape index (κ1) is 18.8. The fourth-order valence-electron chi connectivity index (χ4n) is 2.52. The Bertz CT molecular complexity index is 652. The Labute approximate surface area is 150 Å². The third kappa shape index (κ3) is 6.87. The molecule has 1 amide bonds. The lowest BCUT2D eigenvalue weighted by atomic mass is 10.1. The Kier molecular flexibility index (Phi) is 7.83. The number of carbonyl (C=O) groups excluding carboxylic acids is 1. The number of nitrogens with one attached hydrogen (secondary N) is 1. The first-order valence-corrected chi connectivity index (χ1v) is 8.87. The van der Waals surface area contributed by atoms with E-state index in [4.69, 9.17) is 9.47 Å². The van der Waals surface area contributed by atoms with Crippen LogP contribution in [0.3, 0.4) is 0 Å². The SMILES string of the molecule is CCCCCCOc1cccc(NC(=O)Cc2ccc(OC)cc2)c1. The van der Waals surface area contributed by atoms with Crippen molar-refractivity contribution in [3.8, 4) is 11.5 Å². The minimum atomic E-state index is -0.0507. The number of rotatable bonds is 10. The highest BCUT2D eigenvalue weighted by Gasteiger charge is 2.05. The molecule has 0 aliphatic rings. The second-order valence-corrected chi connectivity index (χ2v) is 6.01. The summed E-state index contributed by atoms with van der Waals surface area (Å²) >= 11 is 0. The zero-order valence-electron chi connectivity index (χ0n) is 15.1. The van der Waals surface area contributed by atoms with Gasteiger partial charge in [-0.3, -0.25) is 4.79 Å². The normalized spacial score (nSPS) is 10.3. The van der Waals surface area contributed by atoms with Crippen molar-refractivity contribution in [2.45, 2.75) is 39.0 Å². The summed E-state index contributed by atoms with van der Waals surface area (Å²) in [6.07, 6.45) is 5.03. The lowest BCUT2D eigenvalue weighted by molar-refractivity contribution is -0.115. The summed E-state index contributed by atoms with van der Waals surface area (Å²) in [5, 5.41) is 2.92. The van der Waals surface area contributed by atoms with Crippen molar-refractivity contribution in [2.75, 3.05) is 19.0 Å². The van der Waals surface area contributed by atoms with Crippen LogP contribution in [0.1, 0.15) is 38.2 Å². The number of methoxy groups -OCH3 is 1. The molecule has 0 radical (unpaired) electrons. The number of hydrogen-bond donors (Lipinski definition) is 1. The van der Waals surface area contributed by atoms with Gasteiger partial charge in [-0.2, -0.15) is 0 Å². The van der Waals surface area contributed by atoms with E-state index in [1.807, 2.05) is 48.5 Å². The minimum Gasteiger partial charge on any atom is -0.497 e. The fraction of sp³-hybridized carbons (Fsp3) is 0.381. The molecule has 2 rings (SSSR count). The second kappa shape index (κ2) is 10.4. The van der Waals surface area contributed by atoms with Gasteiger partial charge >= 0.3 is 0 Å². The van der Waals surface area contributed by atoms with Crippen molar-refractivity contribution >= 4 is 11.6 Å². The van der Waals surface area contributed by atoms with E-state index in [-0.39, 0.29) is 5.91 Å². The molecule has 4 nitrogen and oxygen atoms in total. The zero-order chi connectivity index (χ0) is 17.9. The van der Waals surface area contributed by atoms with Crippen LogP contribution in [-0.2, 0) is 11.2 Å². The van der Waals surface area contributed by atoms with Gasteiger partial charge in [0.25, 0.3) is 0 Å². The van der Waals surface area contributed by atoms with E-state index in [0.717, 1.165) is 29.2 Å². The molecule has 0 unspecified atom stereocenters. The van der Waals surface area contributed by atoms with Gasteiger partial charge in [0, 0.05) is 11.8 Å². The van der Waals surface area contributed by atoms with Crippen LogP contribution in [0.5, 0.6) is 11.5 Å². The summed E-state index contributed by atoms with van der Waals surface area (Å²) in [6.45, 7) is 2.90. The number of amides is 1. The smallest absolute Gasteiger partial charge is 0.228 e. The van der Waals surface area contributed by atoms with Gasteiger partial charge in [-0.05, 0) is 36.2 Å². The van der Waals surface area contributed by atoms with E-state index in [1.165, 1.54) is 19.3 Å². The fourth-order valence-corrected chi connectivity index (χ4v) is 2.52. The molecular formula is C21H27NO3. The number of unbranched alkanes of at least 4 members (excludes halogenated alkanes) is 3. The Balaban J connectivity index is 1.82. The highest BCUT2D eigenvalue weighted by Crippen LogP contribution is 2.18. The molecule has 0 bridgehead atoms. The highest BCUT2D eigenvalue weighted by molar-refractivity contribution is 5.92. The van der Waals surface area contributed by atoms with Crippen LogP contribution >= 0.6 is 0 Å². The summed E-state index contributed by atoms with van der Waals surface area (Å²) in [7, 11) is 1.63. The summed E-state index contributed by atoms with van der Waals surface area (Å²) in [6, 6.07) is 15.1. The van der Waals surface area contributed by atoms with Gasteiger partial charge in [-0.15, -0.1) is 0 Å². The Morgan fingerprint density at radius 1 is 1.00 bits per heavy atom. The van der Waals surface area contributed by atoms with Crippen molar-refractivity contribution in [1.82, 2.24) is 0 Å². The monoisotopic (exact) mass is 341 g/mol. The van der Waals surface area contributed by atoms with Crippen LogP contribution in [0.25, 0.3) is 0 Å². The average Bonchev–Trinajstić information content (AvgIpc) is 2.62. The Hall–Kier alpha value is -2.49. The van der Waals surface area contributed by atoms with E-state index in [1.54, 1.807) is 7.11 Å². The molecule has 0 aliphatic heterocycles. The number of anilines is 1. The molecular weight excluding hydrogens is 314 g/mol. The van der Waals surface area contributed by atoms with E-state index >= 15 is 0 Å². The van der Waals surface area contributed by atoms with E-state index < -0.39 is 0 Å². The third-order valence-electron chi connectivity index (χ3n) is 3.91. The third-order valence-corrected chi connectivity index (χ3v) is 3.91. The molecule has 4 heteroatoms. The lowest BCUT2D eigenvalue weighted by Gasteiger charge is -2.09. The number of ether oxygens (including phenoxy) is 2. The molecule has 0 atom stereocenters. The largest absolute Gasteiger partial charge is 0.497 e. The molecule has 0 spiro atoms. The molecule has 0 aromatic heterocycles. The highest BCUT2D eigenvalue weighted by atomic mass is 16.5. The number of carbonyl (C=O) groups is 1. The summed E-state index contributed by atoms with van der Waals surface area (Å²) in [5.41, 5.74) is 1.70. The van der Waals surface area contributed by atoms with Gasteiger partial charge in [0.2, 0.25) is 5.91 Å². The van der Waals surface area contributed by atoms with Gasteiger partial charge in [0.15, 0.2) is 0 Å². The number of benzene rings is 2. The molecule has 25 heavy (non-hydrogen) atoms. The predicted octanol–water partition coefficient (Wildman–Crippen LogP) is 4.84. The van der Waals surface area contributed by atoms with Crippen LogP contribution in [0.2, 0.25) is 0 Å². The zero-order valence-corrected chi connectivity index (χ0v) is 15.1. The van der Waals surface area contributed by atoms with Gasteiger partial charge in [-0.25, -0.2) is 0 Å². The van der Waals surface area contributed by atoms with Crippen molar-refractivity contribution in [3.63, 3.8) is 0 Å². The van der Waals surface area contributed by atoms with E-state index in [2.05, 4.69) is 12.2 Å². The van der Waals surface area contributed by atoms with Gasteiger partial charge < -0.3 is 14.8 Å². The molecule has 0 fully saturated rings. The van der Waals surface area contributed by atoms with E-state index in [0.29, 0.717) is 13.0 Å². The predicted molar refractivity (Wildman–Crippen MR) is 101 cm³/mol. The van der Waals surface area contributed by atoms with Crippen LogP contribution < -0.4 is 14.8 Å². The maximum Gasteiger partial charge on any atom is 0.228 e. The standard InChI is InChI=1S/C21H27NO3/c1-3-4-5-6-14-25-20-9-7-8-18(16-20)22-21(23)15-17-10-12-19(24-2)13-11-17/h7-13,16H,3-6,14-15H2,1-2H3,(H,22,23). The number of hydrogen-bond acceptors (Lipinski definition) is 3. The first-order chi connectivity index (χ1) is 12.2. The Morgan fingerprint density at radius 2 is 1.80 bits per heavy atom. The molecule has 134 valence electrons. The molecule has 0 saturated heterocycles. The van der Waals surface area contributed by atoms with Gasteiger partial charge in [0.1, 0.15) is 11.5 Å². The van der Waals surface area contributed by atoms with E-state index in [9.17, 15) is 4.79 Å². The molecule has 1 N–H and O–H groups in total. The van der Waals surface area contributed by atoms with Crippen molar-refractivity contribution in [1.29, 1.82) is 0 Å². The maximum atomic E-state index is 12.2. The average molecular weight is 341 g/mol. The molecule has 0 aliphatic carbocycles. The summed E-state index contributed by atoms with van der Waals surface area (Å²) < 4.78 is 10.9. The molecule has 0 heterocycles. The minimum absolute atomic E-state index is 0.0507.